The SMILES string of the molecule is CCN(CCC(N)C(C)C)Cc1ccco1. The third-order valence-corrected chi connectivity index (χ3v) is 3.04. The third-order valence-electron chi connectivity index (χ3n) is 3.04. The summed E-state index contributed by atoms with van der Waals surface area (Å²) in [5.74, 6) is 1.59. The lowest BCUT2D eigenvalue weighted by Crippen LogP contribution is -2.33. The molecule has 0 saturated carbocycles. The molecule has 0 radical (unpaired) electrons. The van der Waals surface area contributed by atoms with Crippen molar-refractivity contribution in [2.24, 2.45) is 11.7 Å². The van der Waals surface area contributed by atoms with E-state index in [4.69, 9.17) is 10.2 Å². The Kier molecular flexibility index (Phi) is 5.56. The Morgan fingerprint density at radius 3 is 2.69 bits per heavy atom. The van der Waals surface area contributed by atoms with Crippen LogP contribution < -0.4 is 5.73 Å². The van der Waals surface area contributed by atoms with Crippen LogP contribution in [0.3, 0.4) is 0 Å². The molecule has 1 heterocycles. The summed E-state index contributed by atoms with van der Waals surface area (Å²) in [6.07, 6.45) is 2.77. The second-order valence-corrected chi connectivity index (χ2v) is 4.64. The minimum absolute atomic E-state index is 0.297. The molecule has 3 nitrogen and oxygen atoms in total. The smallest absolute Gasteiger partial charge is 0.117 e. The molecule has 0 bridgehead atoms. The van der Waals surface area contributed by atoms with Gasteiger partial charge in [0.1, 0.15) is 5.76 Å². The molecular weight excluding hydrogens is 200 g/mol. The topological polar surface area (TPSA) is 42.4 Å². The van der Waals surface area contributed by atoms with Crippen molar-refractivity contribution in [1.29, 1.82) is 0 Å². The van der Waals surface area contributed by atoms with Crippen LogP contribution in [-0.2, 0) is 6.54 Å². The highest BCUT2D eigenvalue weighted by molar-refractivity contribution is 4.97. The van der Waals surface area contributed by atoms with Crippen molar-refractivity contribution in [3.8, 4) is 0 Å². The number of nitrogens with two attached hydrogens (primary N) is 1. The number of hydrogen-bond donors (Lipinski definition) is 1. The molecule has 3 heteroatoms. The van der Waals surface area contributed by atoms with E-state index in [0.29, 0.717) is 12.0 Å². The van der Waals surface area contributed by atoms with Gasteiger partial charge in [0, 0.05) is 12.6 Å². The minimum atomic E-state index is 0.297. The number of nitrogens with zero attached hydrogens (tertiary/aromatic N) is 1. The van der Waals surface area contributed by atoms with E-state index < -0.39 is 0 Å². The first kappa shape index (κ1) is 13.3. The Morgan fingerprint density at radius 2 is 2.19 bits per heavy atom. The highest BCUT2D eigenvalue weighted by Gasteiger charge is 2.11. The van der Waals surface area contributed by atoms with Crippen molar-refractivity contribution in [1.82, 2.24) is 4.90 Å². The summed E-state index contributed by atoms with van der Waals surface area (Å²) in [7, 11) is 0. The Hall–Kier alpha value is -0.800. The van der Waals surface area contributed by atoms with E-state index in [2.05, 4.69) is 25.7 Å². The maximum Gasteiger partial charge on any atom is 0.117 e. The highest BCUT2D eigenvalue weighted by Crippen LogP contribution is 2.08. The first-order chi connectivity index (χ1) is 7.63. The molecule has 1 atom stereocenters. The Labute approximate surface area is 98.6 Å². The normalized spacial score (nSPS) is 13.6. The molecule has 2 N–H and O–H groups in total. The molecule has 1 rings (SSSR count). The fraction of sp³-hybridized carbons (Fsp3) is 0.692. The summed E-state index contributed by atoms with van der Waals surface area (Å²) in [4.78, 5) is 2.36. The summed E-state index contributed by atoms with van der Waals surface area (Å²) in [5, 5.41) is 0. The summed E-state index contributed by atoms with van der Waals surface area (Å²) in [6, 6.07) is 4.25. The Morgan fingerprint density at radius 1 is 1.44 bits per heavy atom. The molecule has 0 fully saturated rings. The van der Waals surface area contributed by atoms with Crippen LogP contribution in [0.15, 0.2) is 22.8 Å². The van der Waals surface area contributed by atoms with Crippen molar-refractivity contribution >= 4 is 0 Å². The van der Waals surface area contributed by atoms with Crippen LogP contribution in [0, 0.1) is 5.92 Å². The summed E-state index contributed by atoms with van der Waals surface area (Å²) in [6.45, 7) is 9.47. The van der Waals surface area contributed by atoms with Gasteiger partial charge in [0.05, 0.1) is 12.8 Å². The van der Waals surface area contributed by atoms with E-state index >= 15 is 0 Å². The summed E-state index contributed by atoms with van der Waals surface area (Å²) >= 11 is 0. The average Bonchev–Trinajstić information content (AvgIpc) is 2.76. The van der Waals surface area contributed by atoms with Gasteiger partial charge in [-0.2, -0.15) is 0 Å². The maximum absolute atomic E-state index is 6.04. The molecular formula is C13H24N2O. The zero-order chi connectivity index (χ0) is 12.0. The molecule has 92 valence electrons. The second-order valence-electron chi connectivity index (χ2n) is 4.64. The van der Waals surface area contributed by atoms with Gasteiger partial charge >= 0.3 is 0 Å². The quantitative estimate of drug-likeness (QED) is 0.773. The first-order valence-electron chi connectivity index (χ1n) is 6.13. The third kappa shape index (κ3) is 4.37. The average molecular weight is 224 g/mol. The van der Waals surface area contributed by atoms with Crippen LogP contribution in [0.25, 0.3) is 0 Å². The van der Waals surface area contributed by atoms with Crippen molar-refractivity contribution in [2.45, 2.75) is 39.8 Å². The van der Waals surface area contributed by atoms with Gasteiger partial charge < -0.3 is 10.2 Å². The fourth-order valence-electron chi connectivity index (χ4n) is 1.64. The minimum Gasteiger partial charge on any atom is -0.468 e. The van der Waals surface area contributed by atoms with Gasteiger partial charge in [0.15, 0.2) is 0 Å². The van der Waals surface area contributed by atoms with E-state index in [1.54, 1.807) is 6.26 Å². The predicted molar refractivity (Wildman–Crippen MR) is 67.1 cm³/mol. The van der Waals surface area contributed by atoms with Crippen molar-refractivity contribution < 1.29 is 4.42 Å². The van der Waals surface area contributed by atoms with Crippen LogP contribution in [0.4, 0.5) is 0 Å². The van der Waals surface area contributed by atoms with Crippen LogP contribution in [0.2, 0.25) is 0 Å². The fourth-order valence-corrected chi connectivity index (χ4v) is 1.64. The van der Waals surface area contributed by atoms with Crippen molar-refractivity contribution in [3.63, 3.8) is 0 Å². The molecule has 16 heavy (non-hydrogen) atoms. The molecule has 0 spiro atoms. The lowest BCUT2D eigenvalue weighted by Gasteiger charge is -2.22. The van der Waals surface area contributed by atoms with E-state index in [1.807, 2.05) is 12.1 Å². The van der Waals surface area contributed by atoms with E-state index in [0.717, 1.165) is 31.8 Å². The molecule has 1 unspecified atom stereocenters. The zero-order valence-corrected chi connectivity index (χ0v) is 10.6. The number of hydrogen-bond acceptors (Lipinski definition) is 3. The monoisotopic (exact) mass is 224 g/mol. The van der Waals surface area contributed by atoms with Gasteiger partial charge in [-0.1, -0.05) is 20.8 Å². The lowest BCUT2D eigenvalue weighted by molar-refractivity contribution is 0.239. The van der Waals surface area contributed by atoms with Crippen molar-refractivity contribution in [2.75, 3.05) is 13.1 Å². The van der Waals surface area contributed by atoms with Gasteiger partial charge in [0.2, 0.25) is 0 Å². The van der Waals surface area contributed by atoms with E-state index in [1.165, 1.54) is 0 Å². The molecule has 1 aromatic heterocycles. The zero-order valence-electron chi connectivity index (χ0n) is 10.6. The Bertz CT molecular complexity index is 269. The van der Waals surface area contributed by atoms with E-state index in [9.17, 15) is 0 Å². The van der Waals surface area contributed by atoms with Crippen LogP contribution in [0.1, 0.15) is 33.0 Å². The van der Waals surface area contributed by atoms with Gasteiger partial charge in [0.25, 0.3) is 0 Å². The van der Waals surface area contributed by atoms with Crippen LogP contribution in [0.5, 0.6) is 0 Å². The molecule has 0 aliphatic carbocycles. The lowest BCUT2D eigenvalue weighted by atomic mass is 10.0. The van der Waals surface area contributed by atoms with Gasteiger partial charge in [-0.05, 0) is 31.0 Å². The first-order valence-corrected chi connectivity index (χ1v) is 6.13. The summed E-state index contributed by atoms with van der Waals surface area (Å²) in [5.41, 5.74) is 6.04. The van der Waals surface area contributed by atoms with Crippen molar-refractivity contribution in [3.05, 3.63) is 24.2 Å². The number of furan rings is 1. The molecule has 0 saturated heterocycles. The maximum atomic E-state index is 6.04. The van der Waals surface area contributed by atoms with Gasteiger partial charge in [-0.15, -0.1) is 0 Å². The van der Waals surface area contributed by atoms with Crippen LogP contribution >= 0.6 is 0 Å². The summed E-state index contributed by atoms with van der Waals surface area (Å²) < 4.78 is 5.35. The molecule has 0 aliphatic heterocycles. The molecule has 1 aromatic rings. The Balaban J connectivity index is 2.32. The highest BCUT2D eigenvalue weighted by atomic mass is 16.3. The molecule has 0 aromatic carbocycles. The second kappa shape index (κ2) is 6.71. The largest absolute Gasteiger partial charge is 0.468 e. The van der Waals surface area contributed by atoms with Crippen LogP contribution in [-0.4, -0.2) is 24.0 Å². The standard InChI is InChI=1S/C13H24N2O/c1-4-15(8-7-13(14)11(2)3)10-12-6-5-9-16-12/h5-6,9,11,13H,4,7-8,10,14H2,1-3H3. The molecule has 0 aliphatic rings. The molecule has 0 amide bonds. The van der Waals surface area contributed by atoms with E-state index in [-0.39, 0.29) is 0 Å². The van der Waals surface area contributed by atoms with Gasteiger partial charge in [-0.25, -0.2) is 0 Å². The predicted octanol–water partition coefficient (Wildman–Crippen LogP) is 2.47. The number of rotatable bonds is 7. The van der Waals surface area contributed by atoms with Gasteiger partial charge in [-0.3, -0.25) is 4.90 Å².